The van der Waals surface area contributed by atoms with Gasteiger partial charge in [-0.25, -0.2) is 4.79 Å². The molecule has 2 aromatic rings. The van der Waals surface area contributed by atoms with Gasteiger partial charge in [-0.05, 0) is 18.9 Å². The van der Waals surface area contributed by atoms with Gasteiger partial charge in [0.25, 0.3) is 5.91 Å². The summed E-state index contributed by atoms with van der Waals surface area (Å²) in [5.41, 5.74) is 0.984. The molecular formula is C21H25N3O4. The third-order valence-corrected chi connectivity index (χ3v) is 5.92. The highest BCUT2D eigenvalue weighted by Crippen LogP contribution is 2.35. The van der Waals surface area contributed by atoms with E-state index in [4.69, 9.17) is 4.42 Å². The van der Waals surface area contributed by atoms with E-state index in [9.17, 15) is 14.4 Å². The molecule has 0 atom stereocenters. The molecule has 1 saturated carbocycles. The zero-order valence-electron chi connectivity index (χ0n) is 16.3. The van der Waals surface area contributed by atoms with Crippen LogP contribution in [0.5, 0.6) is 0 Å². The number of carbonyl (C=O) groups is 3. The molecule has 1 aromatic heterocycles. The fraction of sp³-hybridized carbons (Fsp3) is 0.476. The standard InChI is InChI=1S/C21H25N3O4/c1-3-16-15(14-8-4-5-9-17(14)28-16)12-23(2)18(25)13-24-19(26)21(22-20(24)27)10-6-7-11-21/h4-5,8-9H,3,6-7,10-13H2,1-2H3,(H,22,27). The molecule has 2 fully saturated rings. The average molecular weight is 383 g/mol. The summed E-state index contributed by atoms with van der Waals surface area (Å²) in [6.07, 6.45) is 3.86. The van der Waals surface area contributed by atoms with Gasteiger partial charge in [-0.3, -0.25) is 14.5 Å². The molecule has 0 unspecified atom stereocenters. The largest absolute Gasteiger partial charge is 0.461 e. The Kier molecular flexibility index (Phi) is 4.61. The number of imide groups is 1. The molecule has 7 nitrogen and oxygen atoms in total. The van der Waals surface area contributed by atoms with Gasteiger partial charge >= 0.3 is 6.03 Å². The van der Waals surface area contributed by atoms with Crippen LogP contribution in [0, 0.1) is 0 Å². The molecule has 1 spiro atoms. The van der Waals surface area contributed by atoms with Crippen molar-refractivity contribution < 1.29 is 18.8 Å². The molecule has 1 aromatic carbocycles. The van der Waals surface area contributed by atoms with Crippen LogP contribution in [0.3, 0.4) is 0 Å². The summed E-state index contributed by atoms with van der Waals surface area (Å²) in [7, 11) is 1.69. The molecule has 0 radical (unpaired) electrons. The minimum absolute atomic E-state index is 0.236. The van der Waals surface area contributed by atoms with Gasteiger partial charge < -0.3 is 14.6 Å². The second kappa shape index (κ2) is 6.96. The van der Waals surface area contributed by atoms with Crippen molar-refractivity contribution in [2.45, 2.75) is 51.1 Å². The van der Waals surface area contributed by atoms with Crippen molar-refractivity contribution in [3.05, 3.63) is 35.6 Å². The monoisotopic (exact) mass is 383 g/mol. The fourth-order valence-electron chi connectivity index (χ4n) is 4.33. The van der Waals surface area contributed by atoms with E-state index >= 15 is 0 Å². The molecule has 28 heavy (non-hydrogen) atoms. The molecule has 2 heterocycles. The van der Waals surface area contributed by atoms with Crippen molar-refractivity contribution in [1.29, 1.82) is 0 Å². The Morgan fingerprint density at radius 3 is 2.68 bits per heavy atom. The third-order valence-electron chi connectivity index (χ3n) is 5.92. The quantitative estimate of drug-likeness (QED) is 0.805. The van der Waals surface area contributed by atoms with Gasteiger partial charge in [0.15, 0.2) is 0 Å². The van der Waals surface area contributed by atoms with Crippen molar-refractivity contribution in [3.63, 3.8) is 0 Å². The maximum Gasteiger partial charge on any atom is 0.325 e. The first-order valence-electron chi connectivity index (χ1n) is 9.82. The summed E-state index contributed by atoms with van der Waals surface area (Å²) >= 11 is 0. The molecule has 148 valence electrons. The summed E-state index contributed by atoms with van der Waals surface area (Å²) in [4.78, 5) is 40.4. The summed E-state index contributed by atoms with van der Waals surface area (Å²) < 4.78 is 5.89. The van der Waals surface area contributed by atoms with Crippen molar-refractivity contribution in [3.8, 4) is 0 Å². The number of furan rings is 1. The smallest absolute Gasteiger partial charge is 0.325 e. The summed E-state index contributed by atoms with van der Waals surface area (Å²) in [6.45, 7) is 2.14. The Morgan fingerprint density at radius 2 is 1.96 bits per heavy atom. The van der Waals surface area contributed by atoms with Gasteiger partial charge in [0.05, 0.1) is 0 Å². The molecule has 2 aliphatic rings. The summed E-state index contributed by atoms with van der Waals surface area (Å²) in [5, 5.41) is 3.80. The lowest BCUT2D eigenvalue weighted by Crippen LogP contribution is -2.45. The van der Waals surface area contributed by atoms with E-state index in [1.165, 1.54) is 0 Å². The van der Waals surface area contributed by atoms with Gasteiger partial charge in [0.1, 0.15) is 23.4 Å². The Bertz CT molecular complexity index is 942. The number of hydrogen-bond donors (Lipinski definition) is 1. The first-order valence-corrected chi connectivity index (χ1v) is 9.82. The first-order chi connectivity index (χ1) is 13.4. The van der Waals surface area contributed by atoms with Gasteiger partial charge in [-0.1, -0.05) is 38.0 Å². The first kappa shape index (κ1) is 18.5. The van der Waals surface area contributed by atoms with E-state index in [0.717, 1.165) is 46.5 Å². The Morgan fingerprint density at radius 1 is 1.25 bits per heavy atom. The maximum atomic E-state index is 12.8. The van der Waals surface area contributed by atoms with Crippen LogP contribution in [0.4, 0.5) is 4.79 Å². The second-order valence-electron chi connectivity index (χ2n) is 7.71. The van der Waals surface area contributed by atoms with Gasteiger partial charge in [0.2, 0.25) is 5.91 Å². The molecule has 7 heteroatoms. The van der Waals surface area contributed by atoms with Crippen molar-refractivity contribution in [2.24, 2.45) is 0 Å². The molecule has 1 saturated heterocycles. The molecule has 1 N–H and O–H groups in total. The third kappa shape index (κ3) is 2.95. The Balaban J connectivity index is 1.49. The van der Waals surface area contributed by atoms with Crippen molar-refractivity contribution in [2.75, 3.05) is 13.6 Å². The molecule has 0 bridgehead atoms. The second-order valence-corrected chi connectivity index (χ2v) is 7.71. The number of nitrogens with zero attached hydrogens (tertiary/aromatic N) is 2. The highest BCUT2D eigenvalue weighted by atomic mass is 16.3. The lowest BCUT2D eigenvalue weighted by molar-refractivity contribution is -0.138. The number of carbonyl (C=O) groups excluding carboxylic acids is 3. The summed E-state index contributed by atoms with van der Waals surface area (Å²) in [6, 6.07) is 7.29. The van der Waals surface area contributed by atoms with Gasteiger partial charge in [0, 0.05) is 31.0 Å². The van der Waals surface area contributed by atoms with Crippen LogP contribution in [-0.2, 0) is 22.6 Å². The highest BCUT2D eigenvalue weighted by molar-refractivity contribution is 6.09. The number of amides is 4. The van der Waals surface area contributed by atoms with Crippen molar-refractivity contribution in [1.82, 2.24) is 15.1 Å². The molecule has 4 rings (SSSR count). The van der Waals surface area contributed by atoms with Crippen LogP contribution in [0.15, 0.2) is 28.7 Å². The Hall–Kier alpha value is -2.83. The van der Waals surface area contributed by atoms with E-state index in [0.29, 0.717) is 19.4 Å². The minimum atomic E-state index is -0.786. The number of hydrogen-bond acceptors (Lipinski definition) is 4. The van der Waals surface area contributed by atoms with Gasteiger partial charge in [-0.15, -0.1) is 0 Å². The number of rotatable bonds is 5. The van der Waals surface area contributed by atoms with E-state index in [-0.39, 0.29) is 18.4 Å². The van der Waals surface area contributed by atoms with E-state index < -0.39 is 11.6 Å². The van der Waals surface area contributed by atoms with Crippen molar-refractivity contribution >= 4 is 28.8 Å². The van der Waals surface area contributed by atoms with Crippen LogP contribution >= 0.6 is 0 Å². The molecule has 1 aliphatic carbocycles. The van der Waals surface area contributed by atoms with E-state index in [1.807, 2.05) is 31.2 Å². The number of urea groups is 1. The van der Waals surface area contributed by atoms with Crippen LogP contribution in [0.1, 0.15) is 43.9 Å². The zero-order chi connectivity index (χ0) is 19.9. The van der Waals surface area contributed by atoms with Gasteiger partial charge in [-0.2, -0.15) is 0 Å². The lowest BCUT2D eigenvalue weighted by atomic mass is 9.98. The number of benzene rings is 1. The highest BCUT2D eigenvalue weighted by Gasteiger charge is 2.52. The molecule has 4 amide bonds. The maximum absolute atomic E-state index is 12.8. The van der Waals surface area contributed by atoms with Crippen LogP contribution in [-0.4, -0.2) is 46.8 Å². The number of likely N-dealkylation sites (N-methyl/N-ethyl adjacent to an activating group) is 1. The SMILES string of the molecule is CCc1oc2ccccc2c1CN(C)C(=O)CN1C(=O)NC2(CCCC2)C1=O. The zero-order valence-corrected chi connectivity index (χ0v) is 16.3. The number of para-hydroxylation sites is 1. The predicted molar refractivity (Wildman–Crippen MR) is 104 cm³/mol. The number of nitrogens with one attached hydrogen (secondary N) is 1. The number of aryl methyl sites for hydroxylation is 1. The summed E-state index contributed by atoms with van der Waals surface area (Å²) in [5.74, 6) is 0.311. The Labute approximate surface area is 163 Å². The van der Waals surface area contributed by atoms with E-state index in [1.54, 1.807) is 11.9 Å². The lowest BCUT2D eigenvalue weighted by Gasteiger charge is -2.22. The van der Waals surface area contributed by atoms with Crippen LogP contribution in [0.25, 0.3) is 11.0 Å². The number of fused-ring (bicyclic) bond motifs is 1. The fourth-order valence-corrected chi connectivity index (χ4v) is 4.33. The van der Waals surface area contributed by atoms with Crippen LogP contribution in [0.2, 0.25) is 0 Å². The topological polar surface area (TPSA) is 82.9 Å². The minimum Gasteiger partial charge on any atom is -0.461 e. The normalized spacial score (nSPS) is 18.3. The van der Waals surface area contributed by atoms with Crippen LogP contribution < -0.4 is 5.32 Å². The molecule has 1 aliphatic heterocycles. The predicted octanol–water partition coefficient (Wildman–Crippen LogP) is 2.82. The molecular weight excluding hydrogens is 358 g/mol. The van der Waals surface area contributed by atoms with E-state index in [2.05, 4.69) is 5.32 Å². The average Bonchev–Trinajstić information content (AvgIpc) is 3.36.